The van der Waals surface area contributed by atoms with Gasteiger partial charge < -0.3 is 0 Å². The summed E-state index contributed by atoms with van der Waals surface area (Å²) in [7, 11) is 0. The summed E-state index contributed by atoms with van der Waals surface area (Å²) in [5.74, 6) is 0.659. The van der Waals surface area contributed by atoms with Gasteiger partial charge in [-0.25, -0.2) is 0 Å². The van der Waals surface area contributed by atoms with Crippen molar-refractivity contribution in [3.8, 4) is 0 Å². The van der Waals surface area contributed by atoms with Crippen molar-refractivity contribution in [2.45, 2.75) is 27.2 Å². The van der Waals surface area contributed by atoms with E-state index in [2.05, 4.69) is 51.5 Å². The minimum atomic E-state index is 0.659. The second kappa shape index (κ2) is 6.60. The van der Waals surface area contributed by atoms with Gasteiger partial charge in [0.2, 0.25) is 0 Å². The molecule has 0 spiro atoms. The Balaban J connectivity index is 3.26. The Labute approximate surface area is 64.6 Å². The zero-order chi connectivity index (χ0) is 7.82. The fourth-order valence-electron chi connectivity index (χ4n) is 0.565. The van der Waals surface area contributed by atoms with E-state index in [-0.39, 0.29) is 0 Å². The van der Waals surface area contributed by atoms with Crippen LogP contribution in [0.25, 0.3) is 0 Å². The Morgan fingerprint density at radius 3 is 2.40 bits per heavy atom. The molecule has 0 saturated carbocycles. The van der Waals surface area contributed by atoms with Crippen LogP contribution in [-0.4, -0.2) is 0 Å². The van der Waals surface area contributed by atoms with Crippen LogP contribution in [0, 0.1) is 12.3 Å². The van der Waals surface area contributed by atoms with Crippen LogP contribution in [0.3, 0.4) is 0 Å². The molecule has 0 unspecified atom stereocenters. The summed E-state index contributed by atoms with van der Waals surface area (Å²) in [5, 5.41) is 0. The molecule has 0 aromatic rings. The first-order valence-corrected chi connectivity index (χ1v) is 3.94. The number of rotatable bonds is 4. The molecule has 0 fully saturated rings. The summed E-state index contributed by atoms with van der Waals surface area (Å²) < 4.78 is 0. The van der Waals surface area contributed by atoms with E-state index in [0.29, 0.717) is 5.92 Å². The molecule has 57 valence electrons. The molecule has 0 atom stereocenters. The molecule has 0 bridgehead atoms. The van der Waals surface area contributed by atoms with Crippen LogP contribution in [0.5, 0.6) is 0 Å². The predicted molar refractivity (Wildman–Crippen MR) is 47.7 cm³/mol. The third-order valence-electron chi connectivity index (χ3n) is 1.09. The molecule has 0 saturated heterocycles. The zero-order valence-corrected chi connectivity index (χ0v) is 7.17. The molecule has 0 N–H and O–H groups in total. The molecule has 0 heterocycles. The van der Waals surface area contributed by atoms with Crippen LogP contribution in [0.15, 0.2) is 24.3 Å². The Morgan fingerprint density at radius 1 is 1.20 bits per heavy atom. The highest BCUT2D eigenvalue weighted by atomic mass is 13.9. The van der Waals surface area contributed by atoms with Crippen LogP contribution in [-0.2, 0) is 0 Å². The van der Waals surface area contributed by atoms with Crippen molar-refractivity contribution in [3.63, 3.8) is 0 Å². The van der Waals surface area contributed by atoms with E-state index in [4.69, 9.17) is 0 Å². The summed E-state index contributed by atoms with van der Waals surface area (Å²) in [4.78, 5) is 0. The second-order valence-electron chi connectivity index (χ2n) is 2.66. The van der Waals surface area contributed by atoms with Crippen molar-refractivity contribution < 1.29 is 0 Å². The smallest absolute Gasteiger partial charge is 0.00442 e. The van der Waals surface area contributed by atoms with Crippen molar-refractivity contribution in [3.05, 3.63) is 30.7 Å². The SMILES string of the molecule is CCC=C[CH]C=CC(C)C. The van der Waals surface area contributed by atoms with Gasteiger partial charge in [-0.1, -0.05) is 45.1 Å². The molecule has 0 aromatic carbocycles. The molecule has 0 amide bonds. The van der Waals surface area contributed by atoms with Gasteiger partial charge in [0, 0.05) is 6.42 Å². The fraction of sp³-hybridized carbons (Fsp3) is 0.500. The Morgan fingerprint density at radius 2 is 1.90 bits per heavy atom. The van der Waals surface area contributed by atoms with Crippen LogP contribution < -0.4 is 0 Å². The van der Waals surface area contributed by atoms with Gasteiger partial charge in [0.15, 0.2) is 0 Å². The molecular weight excluding hydrogens is 120 g/mol. The number of allylic oxidation sites excluding steroid dienone is 4. The minimum absolute atomic E-state index is 0.659. The molecule has 0 aliphatic heterocycles. The Kier molecular flexibility index (Phi) is 6.25. The lowest BCUT2D eigenvalue weighted by molar-refractivity contribution is 0.831. The monoisotopic (exact) mass is 137 g/mol. The zero-order valence-electron chi connectivity index (χ0n) is 7.17. The largest absolute Gasteiger partial charge is 0.0882 e. The highest BCUT2D eigenvalue weighted by Crippen LogP contribution is 1.95. The number of hydrogen-bond donors (Lipinski definition) is 0. The van der Waals surface area contributed by atoms with E-state index >= 15 is 0 Å². The highest BCUT2D eigenvalue weighted by Gasteiger charge is 1.80. The molecule has 1 radical (unpaired) electrons. The van der Waals surface area contributed by atoms with Crippen LogP contribution in [0.2, 0.25) is 0 Å². The van der Waals surface area contributed by atoms with Gasteiger partial charge >= 0.3 is 0 Å². The van der Waals surface area contributed by atoms with E-state index < -0.39 is 0 Å². The summed E-state index contributed by atoms with van der Waals surface area (Å²) >= 11 is 0. The molecular formula is C10H17. The average molecular weight is 137 g/mol. The maximum absolute atomic E-state index is 2.18. The summed E-state index contributed by atoms with van der Waals surface area (Å²) in [6.45, 7) is 6.48. The van der Waals surface area contributed by atoms with E-state index in [1.54, 1.807) is 0 Å². The first kappa shape index (κ1) is 9.48. The van der Waals surface area contributed by atoms with Crippen LogP contribution in [0.4, 0.5) is 0 Å². The maximum Gasteiger partial charge on any atom is 0.00442 e. The van der Waals surface area contributed by atoms with Gasteiger partial charge in [0.25, 0.3) is 0 Å². The van der Waals surface area contributed by atoms with Gasteiger partial charge in [-0.3, -0.25) is 0 Å². The third kappa shape index (κ3) is 7.48. The lowest BCUT2D eigenvalue weighted by atomic mass is 10.2. The lowest BCUT2D eigenvalue weighted by Crippen LogP contribution is -1.75. The molecule has 0 aliphatic carbocycles. The Hall–Kier alpha value is -0.520. The highest BCUT2D eigenvalue weighted by molar-refractivity contribution is 5.08. The molecule has 0 aromatic heterocycles. The lowest BCUT2D eigenvalue weighted by Gasteiger charge is -1.90. The molecule has 0 rings (SSSR count). The first-order chi connectivity index (χ1) is 4.77. The average Bonchev–Trinajstić information content (AvgIpc) is 1.87. The number of hydrogen-bond acceptors (Lipinski definition) is 0. The first-order valence-electron chi connectivity index (χ1n) is 3.94. The normalized spacial score (nSPS) is 12.4. The van der Waals surface area contributed by atoms with E-state index in [1.807, 2.05) is 0 Å². The van der Waals surface area contributed by atoms with Crippen molar-refractivity contribution in [1.29, 1.82) is 0 Å². The molecule has 0 nitrogen and oxygen atoms in total. The van der Waals surface area contributed by atoms with Crippen LogP contribution in [0.1, 0.15) is 27.2 Å². The molecule has 0 aliphatic rings. The summed E-state index contributed by atoms with van der Waals surface area (Å²) in [6, 6.07) is 0. The third-order valence-corrected chi connectivity index (χ3v) is 1.09. The quantitative estimate of drug-likeness (QED) is 0.557. The summed E-state index contributed by atoms with van der Waals surface area (Å²) in [6.07, 6.45) is 11.7. The van der Waals surface area contributed by atoms with E-state index in [9.17, 15) is 0 Å². The van der Waals surface area contributed by atoms with Crippen molar-refractivity contribution >= 4 is 0 Å². The van der Waals surface area contributed by atoms with Crippen LogP contribution >= 0.6 is 0 Å². The van der Waals surface area contributed by atoms with Gasteiger partial charge in [-0.2, -0.15) is 0 Å². The molecule has 10 heavy (non-hydrogen) atoms. The fourth-order valence-corrected chi connectivity index (χ4v) is 0.565. The topological polar surface area (TPSA) is 0 Å². The van der Waals surface area contributed by atoms with Gasteiger partial charge in [0.1, 0.15) is 0 Å². The van der Waals surface area contributed by atoms with E-state index in [0.717, 1.165) is 6.42 Å². The van der Waals surface area contributed by atoms with Crippen molar-refractivity contribution in [1.82, 2.24) is 0 Å². The van der Waals surface area contributed by atoms with Gasteiger partial charge in [-0.15, -0.1) is 0 Å². The summed E-state index contributed by atoms with van der Waals surface area (Å²) in [5.41, 5.74) is 0. The minimum Gasteiger partial charge on any atom is -0.0882 e. The Bertz CT molecular complexity index is 107. The second-order valence-corrected chi connectivity index (χ2v) is 2.66. The van der Waals surface area contributed by atoms with Gasteiger partial charge in [-0.05, 0) is 12.3 Å². The molecule has 0 heteroatoms. The van der Waals surface area contributed by atoms with Crippen molar-refractivity contribution in [2.24, 2.45) is 5.92 Å². The van der Waals surface area contributed by atoms with Crippen molar-refractivity contribution in [2.75, 3.05) is 0 Å². The maximum atomic E-state index is 2.18. The standard InChI is InChI=1S/C10H17/c1-4-5-6-7-8-9-10(2)3/h5-10H,4H2,1-3H3. The van der Waals surface area contributed by atoms with Gasteiger partial charge in [0.05, 0.1) is 0 Å². The van der Waals surface area contributed by atoms with E-state index in [1.165, 1.54) is 0 Å². The predicted octanol–water partition coefficient (Wildman–Crippen LogP) is 3.37.